The third kappa shape index (κ3) is 2.29. The number of benzene rings is 1. The molecule has 0 bridgehead atoms. The van der Waals surface area contributed by atoms with Crippen LogP contribution < -0.4 is 9.64 Å². The van der Waals surface area contributed by atoms with Crippen molar-refractivity contribution in [2.45, 2.75) is 12.8 Å². The van der Waals surface area contributed by atoms with E-state index >= 15 is 0 Å². The van der Waals surface area contributed by atoms with Crippen LogP contribution in [0.2, 0.25) is 0 Å². The lowest BCUT2D eigenvalue weighted by atomic mass is 9.99. The third-order valence-electron chi connectivity index (χ3n) is 3.62. The van der Waals surface area contributed by atoms with Gasteiger partial charge in [-0.2, -0.15) is 4.98 Å². The van der Waals surface area contributed by atoms with E-state index in [1.807, 2.05) is 17.0 Å². The Balaban J connectivity index is 1.88. The van der Waals surface area contributed by atoms with E-state index in [2.05, 4.69) is 4.98 Å². The molecule has 1 aliphatic heterocycles. The molecule has 0 radical (unpaired) electrons. The lowest BCUT2D eigenvalue weighted by molar-refractivity contribution is -0.141. The highest BCUT2D eigenvalue weighted by atomic mass is 16.5. The Morgan fingerprint density at radius 3 is 3.15 bits per heavy atom. The van der Waals surface area contributed by atoms with Crippen molar-refractivity contribution in [3.8, 4) is 5.75 Å². The summed E-state index contributed by atoms with van der Waals surface area (Å²) in [6, 6.07) is 5.91. The van der Waals surface area contributed by atoms with E-state index in [0.717, 1.165) is 24.2 Å². The minimum Gasteiger partial charge on any atom is -0.497 e. The number of aliphatic carboxylic acids is 1. The molecule has 0 unspecified atom stereocenters. The summed E-state index contributed by atoms with van der Waals surface area (Å²) in [5.74, 6) is -0.389. The average Bonchev–Trinajstić information content (AvgIpc) is 2.90. The molecule has 2 aromatic rings. The molecule has 0 spiro atoms. The molecule has 1 N–H and O–H groups in total. The van der Waals surface area contributed by atoms with Gasteiger partial charge in [0.15, 0.2) is 5.58 Å². The molecule has 1 aliphatic rings. The third-order valence-corrected chi connectivity index (χ3v) is 3.62. The predicted molar refractivity (Wildman–Crippen MR) is 73.1 cm³/mol. The zero-order valence-electron chi connectivity index (χ0n) is 11.2. The van der Waals surface area contributed by atoms with Crippen LogP contribution in [0.25, 0.3) is 11.1 Å². The van der Waals surface area contributed by atoms with E-state index in [1.54, 1.807) is 13.2 Å². The van der Waals surface area contributed by atoms with Gasteiger partial charge in [-0.3, -0.25) is 4.79 Å². The molecule has 1 saturated heterocycles. The molecule has 0 amide bonds. The molecule has 106 valence electrons. The van der Waals surface area contributed by atoms with Crippen LogP contribution in [0.4, 0.5) is 6.01 Å². The van der Waals surface area contributed by atoms with Gasteiger partial charge in [0.25, 0.3) is 6.01 Å². The minimum atomic E-state index is -0.757. The van der Waals surface area contributed by atoms with Gasteiger partial charge in [0.05, 0.1) is 13.0 Å². The summed E-state index contributed by atoms with van der Waals surface area (Å²) in [5.41, 5.74) is 1.40. The van der Waals surface area contributed by atoms with Crippen molar-refractivity contribution >= 4 is 23.1 Å². The first-order valence-electron chi connectivity index (χ1n) is 6.59. The second-order valence-corrected chi connectivity index (χ2v) is 4.95. The van der Waals surface area contributed by atoms with E-state index in [0.29, 0.717) is 24.6 Å². The van der Waals surface area contributed by atoms with Crippen molar-refractivity contribution in [2.75, 3.05) is 25.1 Å². The number of methoxy groups -OCH3 is 1. The van der Waals surface area contributed by atoms with Gasteiger partial charge >= 0.3 is 5.97 Å². The molecule has 2 heterocycles. The summed E-state index contributed by atoms with van der Waals surface area (Å²) in [4.78, 5) is 17.4. The summed E-state index contributed by atoms with van der Waals surface area (Å²) >= 11 is 0. The van der Waals surface area contributed by atoms with Gasteiger partial charge in [-0.05, 0) is 25.0 Å². The van der Waals surface area contributed by atoms with Crippen molar-refractivity contribution in [3.05, 3.63) is 18.2 Å². The number of piperidine rings is 1. The van der Waals surface area contributed by atoms with Crippen LogP contribution in [0.5, 0.6) is 5.75 Å². The van der Waals surface area contributed by atoms with Crippen molar-refractivity contribution < 1.29 is 19.1 Å². The molecule has 1 atom stereocenters. The quantitative estimate of drug-likeness (QED) is 0.925. The number of aromatic nitrogens is 1. The number of fused-ring (bicyclic) bond motifs is 1. The van der Waals surface area contributed by atoms with Gasteiger partial charge in [-0.25, -0.2) is 0 Å². The number of oxazole rings is 1. The second-order valence-electron chi connectivity index (χ2n) is 4.95. The zero-order valence-corrected chi connectivity index (χ0v) is 11.2. The minimum absolute atomic E-state index is 0.353. The highest BCUT2D eigenvalue weighted by molar-refractivity contribution is 5.76. The van der Waals surface area contributed by atoms with Crippen molar-refractivity contribution in [1.82, 2.24) is 4.98 Å². The summed E-state index contributed by atoms with van der Waals surface area (Å²) in [6.45, 7) is 1.22. The van der Waals surface area contributed by atoms with Crippen LogP contribution >= 0.6 is 0 Å². The molecule has 20 heavy (non-hydrogen) atoms. The number of carboxylic acid groups (broad SMARTS) is 1. The fraction of sp³-hybridized carbons (Fsp3) is 0.429. The molecule has 0 saturated carbocycles. The fourth-order valence-electron chi connectivity index (χ4n) is 2.51. The van der Waals surface area contributed by atoms with E-state index in [4.69, 9.17) is 14.3 Å². The summed E-state index contributed by atoms with van der Waals surface area (Å²) in [6.07, 6.45) is 1.54. The van der Waals surface area contributed by atoms with Gasteiger partial charge in [-0.1, -0.05) is 0 Å². The maximum atomic E-state index is 11.1. The number of anilines is 1. The van der Waals surface area contributed by atoms with Crippen LogP contribution in [-0.4, -0.2) is 36.3 Å². The molecule has 6 heteroatoms. The number of rotatable bonds is 3. The maximum absolute atomic E-state index is 11.1. The normalized spacial score (nSPS) is 19.2. The molecular weight excluding hydrogens is 260 g/mol. The van der Waals surface area contributed by atoms with E-state index in [1.165, 1.54) is 0 Å². The standard InChI is InChI=1S/C14H16N2O4/c1-19-10-4-5-12-11(7-10)15-14(20-12)16-6-2-3-9(8-16)13(17)18/h4-5,7,9H,2-3,6,8H2,1H3,(H,17,18)/t9-/m1/s1. The molecule has 1 aromatic heterocycles. The highest BCUT2D eigenvalue weighted by Gasteiger charge is 2.27. The first-order chi connectivity index (χ1) is 9.67. The molecular formula is C14H16N2O4. The monoisotopic (exact) mass is 276 g/mol. The van der Waals surface area contributed by atoms with Gasteiger partial charge in [0.2, 0.25) is 0 Å². The number of hydrogen-bond donors (Lipinski definition) is 1. The highest BCUT2D eigenvalue weighted by Crippen LogP contribution is 2.28. The molecule has 1 aromatic carbocycles. The van der Waals surface area contributed by atoms with Gasteiger partial charge in [0.1, 0.15) is 11.3 Å². The lowest BCUT2D eigenvalue weighted by Crippen LogP contribution is -2.38. The largest absolute Gasteiger partial charge is 0.497 e. The van der Waals surface area contributed by atoms with Crippen molar-refractivity contribution in [2.24, 2.45) is 5.92 Å². The Morgan fingerprint density at radius 1 is 1.55 bits per heavy atom. The summed E-state index contributed by atoms with van der Waals surface area (Å²) < 4.78 is 10.9. The first-order valence-corrected chi connectivity index (χ1v) is 6.59. The SMILES string of the molecule is COc1ccc2oc(N3CCC[C@@H](C(=O)O)C3)nc2c1. The van der Waals surface area contributed by atoms with Crippen LogP contribution in [0.1, 0.15) is 12.8 Å². The summed E-state index contributed by atoms with van der Waals surface area (Å²) in [5, 5.41) is 9.12. The first kappa shape index (κ1) is 12.8. The number of ether oxygens (including phenoxy) is 1. The van der Waals surface area contributed by atoms with Gasteiger partial charge in [-0.15, -0.1) is 0 Å². The Hall–Kier alpha value is -2.24. The molecule has 0 aliphatic carbocycles. The number of nitrogens with zero attached hydrogens (tertiary/aromatic N) is 2. The Morgan fingerprint density at radius 2 is 2.40 bits per heavy atom. The molecule has 3 rings (SSSR count). The van der Waals surface area contributed by atoms with E-state index in [9.17, 15) is 4.79 Å². The van der Waals surface area contributed by atoms with Gasteiger partial charge in [0, 0.05) is 19.2 Å². The smallest absolute Gasteiger partial charge is 0.308 e. The predicted octanol–water partition coefficient (Wildman–Crippen LogP) is 2.14. The number of carbonyl (C=O) groups is 1. The Labute approximate surface area is 116 Å². The fourth-order valence-corrected chi connectivity index (χ4v) is 2.51. The van der Waals surface area contributed by atoms with Gasteiger partial charge < -0.3 is 19.2 Å². The van der Waals surface area contributed by atoms with E-state index < -0.39 is 5.97 Å². The molecule has 1 fully saturated rings. The van der Waals surface area contributed by atoms with Crippen LogP contribution in [0.15, 0.2) is 22.6 Å². The lowest BCUT2D eigenvalue weighted by Gasteiger charge is -2.29. The van der Waals surface area contributed by atoms with Crippen molar-refractivity contribution in [3.63, 3.8) is 0 Å². The Kier molecular flexibility index (Phi) is 3.22. The maximum Gasteiger partial charge on any atom is 0.308 e. The number of hydrogen-bond acceptors (Lipinski definition) is 5. The Bertz CT molecular complexity index is 637. The van der Waals surface area contributed by atoms with Crippen LogP contribution in [0, 0.1) is 5.92 Å². The summed E-state index contributed by atoms with van der Waals surface area (Å²) in [7, 11) is 1.60. The zero-order chi connectivity index (χ0) is 14.1. The average molecular weight is 276 g/mol. The van der Waals surface area contributed by atoms with E-state index in [-0.39, 0.29) is 5.92 Å². The topological polar surface area (TPSA) is 75.8 Å². The van der Waals surface area contributed by atoms with Crippen LogP contribution in [-0.2, 0) is 4.79 Å². The number of carboxylic acids is 1. The second kappa shape index (κ2) is 5.03. The van der Waals surface area contributed by atoms with Crippen molar-refractivity contribution in [1.29, 1.82) is 0 Å². The molecule has 6 nitrogen and oxygen atoms in total. The van der Waals surface area contributed by atoms with Crippen LogP contribution in [0.3, 0.4) is 0 Å².